The van der Waals surface area contributed by atoms with E-state index >= 15 is 0 Å². The molecule has 0 unspecified atom stereocenters. The Hall–Kier alpha value is -1.61. The Labute approximate surface area is 139 Å². The van der Waals surface area contributed by atoms with E-state index in [4.69, 9.17) is 4.74 Å². The molecule has 0 N–H and O–H groups in total. The van der Waals surface area contributed by atoms with E-state index < -0.39 is 0 Å². The molecule has 1 aromatic rings. The maximum Gasteiger partial charge on any atom is 0.330 e. The van der Waals surface area contributed by atoms with Crippen LogP contribution in [0.4, 0.5) is 0 Å². The van der Waals surface area contributed by atoms with Crippen molar-refractivity contribution in [1.29, 1.82) is 0 Å². The highest BCUT2D eigenvalue weighted by atomic mass is 16.5. The van der Waals surface area contributed by atoms with Gasteiger partial charge in [0.1, 0.15) is 0 Å². The molecule has 3 nitrogen and oxygen atoms in total. The standard InChI is InChI=1S/C20H27NO2/c1-4-15-11-19-17(13-20(22)23-3)16(12-18(15)21(19)2)10-14-8-6-5-7-9-14/h5-9,13,15-16,18-19H,4,10-12H2,1-3H3/b17-13+/t15-,16+,18-,19-/m1/s1. The number of ether oxygens (including phenoxy) is 1. The molecule has 0 saturated carbocycles. The van der Waals surface area contributed by atoms with Crippen LogP contribution in [-0.2, 0) is 16.0 Å². The quantitative estimate of drug-likeness (QED) is 0.630. The first-order valence-electron chi connectivity index (χ1n) is 8.69. The number of methoxy groups -OCH3 is 1. The third-order valence-corrected chi connectivity index (χ3v) is 5.80. The van der Waals surface area contributed by atoms with Crippen molar-refractivity contribution in [3.63, 3.8) is 0 Å². The number of benzene rings is 1. The largest absolute Gasteiger partial charge is 0.466 e. The normalized spacial score (nSPS) is 32.2. The molecular weight excluding hydrogens is 286 g/mol. The van der Waals surface area contributed by atoms with Crippen molar-refractivity contribution in [2.24, 2.45) is 11.8 Å². The van der Waals surface area contributed by atoms with Crippen LogP contribution >= 0.6 is 0 Å². The minimum atomic E-state index is -0.218. The summed E-state index contributed by atoms with van der Waals surface area (Å²) in [4.78, 5) is 14.4. The highest BCUT2D eigenvalue weighted by molar-refractivity contribution is 5.83. The van der Waals surface area contributed by atoms with Crippen LogP contribution in [0.25, 0.3) is 0 Å². The SMILES string of the molecule is CC[C@@H]1C[C@@H]2/C(=C/C(=O)OC)[C@@H](Cc3ccccc3)C[C@H]1N2C. The second-order valence-electron chi connectivity index (χ2n) is 6.94. The number of nitrogens with zero attached hydrogens (tertiary/aromatic N) is 1. The lowest BCUT2D eigenvalue weighted by Crippen LogP contribution is -2.43. The maximum atomic E-state index is 11.9. The summed E-state index contributed by atoms with van der Waals surface area (Å²) in [5, 5.41) is 0. The van der Waals surface area contributed by atoms with Crippen LogP contribution in [0.2, 0.25) is 0 Å². The van der Waals surface area contributed by atoms with Crippen molar-refractivity contribution in [2.75, 3.05) is 14.2 Å². The third kappa shape index (κ3) is 3.20. The van der Waals surface area contributed by atoms with Gasteiger partial charge in [-0.3, -0.25) is 4.90 Å². The molecular formula is C20H27NO2. The summed E-state index contributed by atoms with van der Waals surface area (Å²) < 4.78 is 4.91. The molecule has 23 heavy (non-hydrogen) atoms. The van der Waals surface area contributed by atoms with Gasteiger partial charge in [0.2, 0.25) is 0 Å². The van der Waals surface area contributed by atoms with E-state index in [1.54, 1.807) is 6.08 Å². The van der Waals surface area contributed by atoms with Crippen molar-refractivity contribution in [1.82, 2.24) is 4.90 Å². The summed E-state index contributed by atoms with van der Waals surface area (Å²) in [6.45, 7) is 2.29. The number of rotatable bonds is 4. The smallest absolute Gasteiger partial charge is 0.330 e. The van der Waals surface area contributed by atoms with Gasteiger partial charge in [0.25, 0.3) is 0 Å². The second kappa shape index (κ2) is 6.88. The van der Waals surface area contributed by atoms with Crippen LogP contribution in [0, 0.1) is 11.8 Å². The molecule has 3 rings (SSSR count). The first-order chi connectivity index (χ1) is 11.1. The lowest BCUT2D eigenvalue weighted by Gasteiger charge is -2.39. The van der Waals surface area contributed by atoms with Crippen molar-refractivity contribution in [2.45, 2.75) is 44.7 Å². The minimum absolute atomic E-state index is 0.218. The summed E-state index contributed by atoms with van der Waals surface area (Å²) in [5.74, 6) is 0.968. The molecule has 2 bridgehead atoms. The summed E-state index contributed by atoms with van der Waals surface area (Å²) in [5.41, 5.74) is 2.63. The Balaban J connectivity index is 1.90. The molecule has 0 aliphatic carbocycles. The van der Waals surface area contributed by atoms with Gasteiger partial charge in [-0.2, -0.15) is 0 Å². The molecule has 2 aliphatic heterocycles. The van der Waals surface area contributed by atoms with Gasteiger partial charge in [-0.1, -0.05) is 43.7 Å². The second-order valence-corrected chi connectivity index (χ2v) is 6.94. The van der Waals surface area contributed by atoms with Gasteiger partial charge in [0.15, 0.2) is 0 Å². The van der Waals surface area contributed by atoms with Gasteiger partial charge in [-0.25, -0.2) is 4.79 Å². The number of hydrogen-bond acceptors (Lipinski definition) is 3. The predicted molar refractivity (Wildman–Crippen MR) is 92.1 cm³/mol. The summed E-state index contributed by atoms with van der Waals surface area (Å²) in [6.07, 6.45) is 6.31. The molecule has 0 amide bonds. The predicted octanol–water partition coefficient (Wildman–Crippen LogP) is 3.45. The van der Waals surface area contributed by atoms with Crippen molar-refractivity contribution < 1.29 is 9.53 Å². The fourth-order valence-electron chi connectivity index (χ4n) is 4.55. The molecule has 3 heteroatoms. The highest BCUT2D eigenvalue weighted by Crippen LogP contribution is 2.46. The first-order valence-corrected chi connectivity index (χ1v) is 8.69. The Bertz CT molecular complexity index is 581. The van der Waals surface area contributed by atoms with Gasteiger partial charge in [-0.15, -0.1) is 0 Å². The Kier molecular flexibility index (Phi) is 4.86. The zero-order valence-corrected chi connectivity index (χ0v) is 14.4. The molecule has 4 atom stereocenters. The number of fused-ring (bicyclic) bond motifs is 2. The van der Waals surface area contributed by atoms with Crippen LogP contribution in [0.1, 0.15) is 31.7 Å². The fourth-order valence-corrected chi connectivity index (χ4v) is 4.55. The molecule has 0 spiro atoms. The number of esters is 1. The van der Waals surface area contributed by atoms with E-state index in [0.29, 0.717) is 18.0 Å². The summed E-state index contributed by atoms with van der Waals surface area (Å²) in [6, 6.07) is 11.7. The van der Waals surface area contributed by atoms with Crippen molar-refractivity contribution in [3.8, 4) is 0 Å². The van der Waals surface area contributed by atoms with Gasteiger partial charge in [0.05, 0.1) is 7.11 Å². The summed E-state index contributed by atoms with van der Waals surface area (Å²) in [7, 11) is 3.68. The average molecular weight is 313 g/mol. The maximum absolute atomic E-state index is 11.9. The van der Waals surface area contributed by atoms with E-state index in [0.717, 1.165) is 18.8 Å². The summed E-state index contributed by atoms with van der Waals surface area (Å²) >= 11 is 0. The van der Waals surface area contributed by atoms with E-state index in [1.807, 2.05) is 0 Å². The van der Waals surface area contributed by atoms with E-state index in [1.165, 1.54) is 31.1 Å². The highest BCUT2D eigenvalue weighted by Gasteiger charge is 2.46. The van der Waals surface area contributed by atoms with E-state index in [-0.39, 0.29) is 5.97 Å². The van der Waals surface area contributed by atoms with Crippen LogP contribution in [0.3, 0.4) is 0 Å². The van der Waals surface area contributed by atoms with Crippen LogP contribution < -0.4 is 0 Å². The van der Waals surface area contributed by atoms with Crippen LogP contribution in [-0.4, -0.2) is 37.1 Å². The minimum Gasteiger partial charge on any atom is -0.466 e. The lowest BCUT2D eigenvalue weighted by atomic mass is 9.81. The number of piperidine rings is 1. The molecule has 2 aliphatic rings. The molecule has 0 aromatic heterocycles. The van der Waals surface area contributed by atoms with Crippen LogP contribution in [0.15, 0.2) is 42.0 Å². The molecule has 2 saturated heterocycles. The Morgan fingerprint density at radius 2 is 2.04 bits per heavy atom. The first kappa shape index (κ1) is 16.3. The Morgan fingerprint density at radius 1 is 1.30 bits per heavy atom. The van der Waals surface area contributed by atoms with E-state index in [2.05, 4.69) is 49.2 Å². The zero-order valence-electron chi connectivity index (χ0n) is 14.4. The van der Waals surface area contributed by atoms with Gasteiger partial charge >= 0.3 is 5.97 Å². The number of likely N-dealkylation sites (N-methyl/N-ethyl adjacent to an activating group) is 1. The van der Waals surface area contributed by atoms with Gasteiger partial charge in [0, 0.05) is 18.2 Å². The van der Waals surface area contributed by atoms with Crippen molar-refractivity contribution in [3.05, 3.63) is 47.5 Å². The van der Waals surface area contributed by atoms with Crippen molar-refractivity contribution >= 4 is 5.97 Å². The monoisotopic (exact) mass is 313 g/mol. The molecule has 1 aromatic carbocycles. The third-order valence-electron chi connectivity index (χ3n) is 5.80. The zero-order chi connectivity index (χ0) is 16.4. The lowest BCUT2D eigenvalue weighted by molar-refractivity contribution is -0.135. The molecule has 124 valence electrons. The Morgan fingerprint density at radius 3 is 2.70 bits per heavy atom. The topological polar surface area (TPSA) is 29.5 Å². The van der Waals surface area contributed by atoms with Gasteiger partial charge < -0.3 is 4.74 Å². The number of carbonyl (C=O) groups is 1. The van der Waals surface area contributed by atoms with Gasteiger partial charge in [-0.05, 0) is 49.3 Å². The number of hydrogen-bond donors (Lipinski definition) is 0. The number of carbonyl (C=O) groups excluding carboxylic acids is 1. The fraction of sp³-hybridized carbons (Fsp3) is 0.550. The average Bonchev–Trinajstić information content (AvgIpc) is 2.79. The van der Waals surface area contributed by atoms with Crippen LogP contribution in [0.5, 0.6) is 0 Å². The molecule has 2 fully saturated rings. The van der Waals surface area contributed by atoms with E-state index in [9.17, 15) is 4.79 Å². The molecule has 0 radical (unpaired) electrons. The molecule has 2 heterocycles.